The van der Waals surface area contributed by atoms with E-state index in [0.717, 1.165) is 25.5 Å². The van der Waals surface area contributed by atoms with E-state index in [0.29, 0.717) is 18.3 Å². The molecule has 0 amide bonds. The fourth-order valence-corrected chi connectivity index (χ4v) is 2.56. The van der Waals surface area contributed by atoms with Crippen LogP contribution in [0.4, 0.5) is 0 Å². The molecule has 0 bridgehead atoms. The molecule has 0 spiro atoms. The van der Waals surface area contributed by atoms with Crippen LogP contribution in [0.3, 0.4) is 0 Å². The highest BCUT2D eigenvalue weighted by Gasteiger charge is 2.07. The minimum absolute atomic E-state index is 0.420. The van der Waals surface area contributed by atoms with Crippen LogP contribution in [0, 0.1) is 6.92 Å². The van der Waals surface area contributed by atoms with E-state index in [-0.39, 0.29) is 0 Å². The van der Waals surface area contributed by atoms with Crippen molar-refractivity contribution in [2.75, 3.05) is 20.1 Å². The van der Waals surface area contributed by atoms with Crippen LogP contribution >= 0.6 is 11.3 Å². The number of thiophene rings is 1. The van der Waals surface area contributed by atoms with Crippen molar-refractivity contribution < 1.29 is 4.52 Å². The van der Waals surface area contributed by atoms with Crippen molar-refractivity contribution >= 4 is 17.3 Å². The summed E-state index contributed by atoms with van der Waals surface area (Å²) in [5.41, 5.74) is 0. The van der Waals surface area contributed by atoms with E-state index in [2.05, 4.69) is 49.8 Å². The van der Waals surface area contributed by atoms with E-state index in [1.807, 2.05) is 7.05 Å². The molecule has 2 aromatic rings. The fourth-order valence-electron chi connectivity index (χ4n) is 1.86. The topological polar surface area (TPSA) is 66.5 Å². The number of aromatic nitrogens is 2. The van der Waals surface area contributed by atoms with Gasteiger partial charge in [-0.15, -0.1) is 11.3 Å². The maximum Gasteiger partial charge on any atom is 0.223 e. The molecule has 6 nitrogen and oxygen atoms in total. The SMILES string of the molecule is CCNC(=NCc1noc(C)n1)N(C)CCc1cccs1. The number of aryl methyl sites for hydroxylation is 1. The van der Waals surface area contributed by atoms with Gasteiger partial charge in [-0.25, -0.2) is 4.99 Å². The van der Waals surface area contributed by atoms with Crippen molar-refractivity contribution in [2.45, 2.75) is 26.8 Å². The minimum atomic E-state index is 0.420. The Labute approximate surface area is 128 Å². The van der Waals surface area contributed by atoms with Gasteiger partial charge >= 0.3 is 0 Å². The van der Waals surface area contributed by atoms with Crippen molar-refractivity contribution in [1.29, 1.82) is 0 Å². The summed E-state index contributed by atoms with van der Waals surface area (Å²) in [6.45, 7) is 5.99. The van der Waals surface area contributed by atoms with Gasteiger partial charge in [0.25, 0.3) is 0 Å². The summed E-state index contributed by atoms with van der Waals surface area (Å²) in [5, 5.41) is 9.24. The zero-order valence-electron chi connectivity index (χ0n) is 12.7. The van der Waals surface area contributed by atoms with Gasteiger partial charge in [-0.1, -0.05) is 11.2 Å². The van der Waals surface area contributed by atoms with Crippen LogP contribution in [0.5, 0.6) is 0 Å². The van der Waals surface area contributed by atoms with Gasteiger partial charge in [0, 0.05) is 31.9 Å². The van der Waals surface area contributed by atoms with Crippen LogP contribution in [0.2, 0.25) is 0 Å². The maximum atomic E-state index is 4.95. The first kappa shape index (κ1) is 15.5. The van der Waals surface area contributed by atoms with Crippen molar-refractivity contribution in [3.8, 4) is 0 Å². The lowest BCUT2D eigenvalue weighted by Crippen LogP contribution is -2.39. The molecule has 0 fully saturated rings. The molecule has 21 heavy (non-hydrogen) atoms. The molecule has 0 aliphatic rings. The van der Waals surface area contributed by atoms with Crippen molar-refractivity contribution in [1.82, 2.24) is 20.4 Å². The lowest BCUT2D eigenvalue weighted by Gasteiger charge is -2.21. The maximum absolute atomic E-state index is 4.95. The summed E-state index contributed by atoms with van der Waals surface area (Å²) in [5.74, 6) is 2.03. The molecular formula is C14H21N5OS. The zero-order valence-corrected chi connectivity index (χ0v) is 13.5. The Balaban J connectivity index is 1.92. The molecular weight excluding hydrogens is 286 g/mol. The lowest BCUT2D eigenvalue weighted by molar-refractivity contribution is 0.387. The predicted molar refractivity (Wildman–Crippen MR) is 84.5 cm³/mol. The third-order valence-corrected chi connectivity index (χ3v) is 3.85. The molecule has 2 aromatic heterocycles. The first-order chi connectivity index (χ1) is 10.2. The van der Waals surface area contributed by atoms with Gasteiger partial charge in [0.05, 0.1) is 0 Å². The summed E-state index contributed by atoms with van der Waals surface area (Å²) in [4.78, 5) is 12.2. The Hall–Kier alpha value is -1.89. The number of hydrogen-bond acceptors (Lipinski definition) is 5. The quantitative estimate of drug-likeness (QED) is 0.654. The van der Waals surface area contributed by atoms with Crippen LogP contribution in [-0.4, -0.2) is 41.1 Å². The predicted octanol–water partition coefficient (Wildman–Crippen LogP) is 2.08. The number of nitrogens with zero attached hydrogens (tertiary/aromatic N) is 4. The second kappa shape index (κ2) is 7.78. The Morgan fingerprint density at radius 1 is 1.52 bits per heavy atom. The first-order valence-electron chi connectivity index (χ1n) is 7.00. The van der Waals surface area contributed by atoms with E-state index in [1.54, 1.807) is 18.3 Å². The third kappa shape index (κ3) is 4.86. The van der Waals surface area contributed by atoms with Gasteiger partial charge in [0.2, 0.25) is 5.89 Å². The summed E-state index contributed by atoms with van der Waals surface area (Å²) < 4.78 is 4.95. The molecule has 1 N–H and O–H groups in total. The van der Waals surface area contributed by atoms with Gasteiger partial charge in [-0.2, -0.15) is 4.98 Å². The zero-order chi connectivity index (χ0) is 15.1. The van der Waals surface area contributed by atoms with E-state index < -0.39 is 0 Å². The van der Waals surface area contributed by atoms with Crippen LogP contribution in [0.15, 0.2) is 27.0 Å². The van der Waals surface area contributed by atoms with E-state index >= 15 is 0 Å². The summed E-state index contributed by atoms with van der Waals surface area (Å²) in [6, 6.07) is 4.24. The summed E-state index contributed by atoms with van der Waals surface area (Å²) >= 11 is 1.78. The highest BCUT2D eigenvalue weighted by Crippen LogP contribution is 2.09. The lowest BCUT2D eigenvalue weighted by atomic mass is 10.3. The normalized spacial score (nSPS) is 11.7. The molecule has 114 valence electrons. The van der Waals surface area contributed by atoms with E-state index in [4.69, 9.17) is 4.52 Å². The Bertz CT molecular complexity index is 564. The standard InChI is InChI=1S/C14H21N5OS/c1-4-15-14(16-10-13-17-11(2)20-18-13)19(3)8-7-12-6-5-9-21-12/h5-6,9H,4,7-8,10H2,1-3H3,(H,15,16). The molecule has 0 saturated carbocycles. The highest BCUT2D eigenvalue weighted by molar-refractivity contribution is 7.09. The largest absolute Gasteiger partial charge is 0.357 e. The monoisotopic (exact) mass is 307 g/mol. The van der Waals surface area contributed by atoms with Gasteiger partial charge < -0.3 is 14.7 Å². The van der Waals surface area contributed by atoms with E-state index in [9.17, 15) is 0 Å². The van der Waals surface area contributed by atoms with Crippen LogP contribution in [-0.2, 0) is 13.0 Å². The second-order valence-corrected chi connectivity index (χ2v) is 5.68. The fraction of sp³-hybridized carbons (Fsp3) is 0.500. The van der Waals surface area contributed by atoms with Gasteiger partial charge in [0.15, 0.2) is 11.8 Å². The average Bonchev–Trinajstić information content (AvgIpc) is 3.12. The molecule has 0 aliphatic heterocycles. The number of rotatable bonds is 6. The van der Waals surface area contributed by atoms with Gasteiger partial charge in [-0.3, -0.25) is 0 Å². The summed E-state index contributed by atoms with van der Waals surface area (Å²) in [6.07, 6.45) is 1.01. The molecule has 7 heteroatoms. The Kier molecular flexibility index (Phi) is 5.74. The molecule has 0 aromatic carbocycles. The Morgan fingerprint density at radius 2 is 2.38 bits per heavy atom. The number of likely N-dealkylation sites (N-methyl/N-ethyl adjacent to an activating group) is 1. The molecule has 0 atom stereocenters. The molecule has 0 saturated heterocycles. The number of aliphatic imine (C=N–C) groups is 1. The smallest absolute Gasteiger partial charge is 0.223 e. The molecule has 2 heterocycles. The highest BCUT2D eigenvalue weighted by atomic mass is 32.1. The van der Waals surface area contributed by atoms with Gasteiger partial charge in [0.1, 0.15) is 6.54 Å². The number of nitrogens with one attached hydrogen (secondary N) is 1. The summed E-state index contributed by atoms with van der Waals surface area (Å²) in [7, 11) is 2.04. The number of guanidine groups is 1. The third-order valence-electron chi connectivity index (χ3n) is 2.91. The van der Waals surface area contributed by atoms with Crippen LogP contribution in [0.1, 0.15) is 23.5 Å². The first-order valence-corrected chi connectivity index (χ1v) is 7.88. The molecule has 0 aliphatic carbocycles. The number of hydrogen-bond donors (Lipinski definition) is 1. The van der Waals surface area contributed by atoms with Gasteiger partial charge in [-0.05, 0) is 24.8 Å². The molecule has 0 radical (unpaired) electrons. The molecule has 0 unspecified atom stereocenters. The van der Waals surface area contributed by atoms with Crippen molar-refractivity contribution in [2.24, 2.45) is 4.99 Å². The average molecular weight is 307 g/mol. The van der Waals surface area contributed by atoms with Crippen LogP contribution in [0.25, 0.3) is 0 Å². The van der Waals surface area contributed by atoms with Crippen molar-refractivity contribution in [3.05, 3.63) is 34.1 Å². The van der Waals surface area contributed by atoms with Crippen LogP contribution < -0.4 is 5.32 Å². The van der Waals surface area contributed by atoms with Crippen molar-refractivity contribution in [3.63, 3.8) is 0 Å². The minimum Gasteiger partial charge on any atom is -0.357 e. The Morgan fingerprint density at radius 3 is 3.00 bits per heavy atom. The molecule has 2 rings (SSSR count). The van der Waals surface area contributed by atoms with E-state index in [1.165, 1.54) is 4.88 Å². The second-order valence-electron chi connectivity index (χ2n) is 4.65.